The van der Waals surface area contributed by atoms with Crippen LogP contribution in [0.2, 0.25) is 0 Å². The molecule has 0 saturated heterocycles. The average Bonchev–Trinajstić information content (AvgIpc) is 2.63. The first kappa shape index (κ1) is 22.6. The topological polar surface area (TPSA) is 0 Å². The van der Waals surface area contributed by atoms with E-state index in [1.165, 1.54) is 20.6 Å². The van der Waals surface area contributed by atoms with Gasteiger partial charge in [0.25, 0.3) is 0 Å². The molecule has 108 valence electrons. The van der Waals surface area contributed by atoms with Crippen molar-refractivity contribution < 1.29 is 57.7 Å². The Balaban J connectivity index is 0. The summed E-state index contributed by atoms with van der Waals surface area (Å²) in [5, 5.41) is 0. The van der Waals surface area contributed by atoms with Crippen LogP contribution in [0.1, 0.15) is 37.0 Å². The molecule has 20 heavy (non-hydrogen) atoms. The van der Waals surface area contributed by atoms with Crippen LogP contribution in [-0.4, -0.2) is 0 Å². The molecule has 0 aliphatic heterocycles. The molecule has 0 unspecified atom stereocenters. The predicted octanol–water partition coefficient (Wildman–Crippen LogP) is -4.65. The first-order chi connectivity index (χ1) is 7.91. The molecule has 2 rings (SSSR count). The first-order valence-electron chi connectivity index (χ1n) is 6.12. The minimum Gasteiger partial charge on any atom is -1.00 e. The fourth-order valence-corrected chi connectivity index (χ4v) is 3.44. The van der Waals surface area contributed by atoms with Gasteiger partial charge in [-0.1, -0.05) is 0 Å². The second-order valence-corrected chi connectivity index (χ2v) is 6.34. The van der Waals surface area contributed by atoms with Gasteiger partial charge in [0.05, 0.1) is 0 Å². The van der Waals surface area contributed by atoms with Gasteiger partial charge in [-0.05, 0) is 0 Å². The Morgan fingerprint density at radius 1 is 0.950 bits per heavy atom. The summed E-state index contributed by atoms with van der Waals surface area (Å²) >= 11 is 2.23. The van der Waals surface area contributed by atoms with Crippen LogP contribution in [0.15, 0.2) is 39.8 Å². The van der Waals surface area contributed by atoms with Crippen LogP contribution in [0.5, 0.6) is 0 Å². The summed E-state index contributed by atoms with van der Waals surface area (Å²) in [5.74, 6) is 0. The van der Waals surface area contributed by atoms with Crippen molar-refractivity contribution in [3.63, 3.8) is 0 Å². The SMILES string of the molecule is Cc1cc(C)cc(C(C)(C)C2=[C]([Ti+3])C=CC2)c1.[Cl-].[Cl-].[Cl-]. The van der Waals surface area contributed by atoms with Crippen molar-refractivity contribution in [3.8, 4) is 0 Å². The number of rotatable bonds is 2. The summed E-state index contributed by atoms with van der Waals surface area (Å²) < 4.78 is 1.44. The van der Waals surface area contributed by atoms with Gasteiger partial charge < -0.3 is 37.2 Å². The van der Waals surface area contributed by atoms with E-state index in [-0.39, 0.29) is 42.6 Å². The van der Waals surface area contributed by atoms with Crippen molar-refractivity contribution in [1.82, 2.24) is 0 Å². The average molecular weight is 366 g/mol. The molecular weight excluding hydrogens is 346 g/mol. The molecule has 0 atom stereocenters. The van der Waals surface area contributed by atoms with Crippen molar-refractivity contribution in [1.29, 1.82) is 0 Å². The third kappa shape index (κ3) is 4.65. The molecule has 1 aromatic rings. The largest absolute Gasteiger partial charge is 1.00 e. The maximum atomic E-state index is 2.34. The molecule has 1 aromatic carbocycles. The fraction of sp³-hybridized carbons (Fsp3) is 0.375. The molecule has 1 aliphatic carbocycles. The van der Waals surface area contributed by atoms with Gasteiger partial charge in [-0.2, -0.15) is 0 Å². The fourth-order valence-electron chi connectivity index (χ4n) is 2.61. The van der Waals surface area contributed by atoms with Gasteiger partial charge in [0.1, 0.15) is 0 Å². The number of hydrogen-bond acceptors (Lipinski definition) is 0. The van der Waals surface area contributed by atoms with Gasteiger partial charge in [-0.25, -0.2) is 0 Å². The Morgan fingerprint density at radius 3 is 1.85 bits per heavy atom. The number of benzene rings is 1. The third-order valence-electron chi connectivity index (χ3n) is 3.63. The molecule has 0 N–H and O–H groups in total. The number of aryl methyl sites for hydroxylation is 2. The van der Waals surface area contributed by atoms with E-state index in [0.717, 1.165) is 6.42 Å². The Hall–Kier alpha value is 0.284. The molecule has 0 nitrogen and oxygen atoms in total. The van der Waals surface area contributed by atoms with E-state index in [0.29, 0.717) is 0 Å². The zero-order chi connectivity index (χ0) is 12.6. The Labute approximate surface area is 153 Å². The summed E-state index contributed by atoms with van der Waals surface area (Å²) in [6.07, 6.45) is 5.63. The van der Waals surface area contributed by atoms with Crippen LogP contribution in [0.3, 0.4) is 0 Å². The molecule has 1 aliphatic rings. The molecule has 0 fully saturated rings. The molecule has 0 aromatic heterocycles. The standard InChI is InChI=1S/C16H19.3ClH.Ti/c1-12-9-13(2)11-15(10-12)16(3,4)14-7-5-6-8-14;;;;/h5-6,9-11H,7H2,1-4H3;3*1H;/q;;;;+3/p-3. The summed E-state index contributed by atoms with van der Waals surface area (Å²) in [7, 11) is 0. The Morgan fingerprint density at radius 2 is 1.45 bits per heavy atom. The van der Waals surface area contributed by atoms with E-state index >= 15 is 0 Å². The van der Waals surface area contributed by atoms with E-state index in [2.05, 4.69) is 78.5 Å². The molecule has 0 bridgehead atoms. The second-order valence-electron chi connectivity index (χ2n) is 5.50. The van der Waals surface area contributed by atoms with Gasteiger partial charge in [0, 0.05) is 0 Å². The van der Waals surface area contributed by atoms with E-state index in [1.54, 1.807) is 5.57 Å². The van der Waals surface area contributed by atoms with Gasteiger partial charge in [-0.3, -0.25) is 0 Å². The van der Waals surface area contributed by atoms with E-state index in [1.807, 2.05) is 0 Å². The maximum Gasteiger partial charge on any atom is -1.00 e. The van der Waals surface area contributed by atoms with Crippen molar-refractivity contribution in [2.75, 3.05) is 0 Å². The summed E-state index contributed by atoms with van der Waals surface area (Å²) in [5.41, 5.74) is 5.86. The van der Waals surface area contributed by atoms with Crippen molar-refractivity contribution in [3.05, 3.63) is 56.5 Å². The van der Waals surface area contributed by atoms with Crippen LogP contribution in [0, 0.1) is 13.8 Å². The van der Waals surface area contributed by atoms with Crippen molar-refractivity contribution in [2.24, 2.45) is 0 Å². The van der Waals surface area contributed by atoms with E-state index < -0.39 is 0 Å². The number of hydrogen-bond donors (Lipinski definition) is 0. The quantitative estimate of drug-likeness (QED) is 0.463. The summed E-state index contributed by atoms with van der Waals surface area (Å²) in [4.78, 5) is 0. The third-order valence-corrected chi connectivity index (χ3v) is 4.36. The molecular formula is C16H19Cl3Ti. The van der Waals surface area contributed by atoms with Gasteiger partial charge in [0.15, 0.2) is 0 Å². The summed E-state index contributed by atoms with van der Waals surface area (Å²) in [6.45, 7) is 9.04. The minimum atomic E-state index is 0. The van der Waals surface area contributed by atoms with Crippen LogP contribution in [-0.2, 0) is 25.9 Å². The smallest absolute Gasteiger partial charge is 1.00 e. The normalized spacial score (nSPS) is 13.5. The van der Waals surface area contributed by atoms with Crippen LogP contribution in [0.25, 0.3) is 0 Å². The van der Waals surface area contributed by atoms with Gasteiger partial charge in [-0.15, -0.1) is 0 Å². The molecule has 4 heteroatoms. The molecule has 0 heterocycles. The molecule has 0 amide bonds. The predicted molar refractivity (Wildman–Crippen MR) is 69.7 cm³/mol. The van der Waals surface area contributed by atoms with Crippen LogP contribution < -0.4 is 37.2 Å². The van der Waals surface area contributed by atoms with E-state index in [4.69, 9.17) is 0 Å². The Kier molecular flexibility index (Phi) is 9.77. The molecule has 0 radical (unpaired) electrons. The van der Waals surface area contributed by atoms with E-state index in [9.17, 15) is 0 Å². The minimum absolute atomic E-state index is 0. The zero-order valence-electron chi connectivity index (χ0n) is 12.2. The Bertz CT molecular complexity index is 496. The van der Waals surface area contributed by atoms with Crippen LogP contribution >= 0.6 is 0 Å². The second kappa shape index (κ2) is 8.66. The number of halogens is 3. The summed E-state index contributed by atoms with van der Waals surface area (Å²) in [6, 6.07) is 6.89. The monoisotopic (exact) mass is 364 g/mol. The molecule has 0 saturated carbocycles. The van der Waals surface area contributed by atoms with Crippen molar-refractivity contribution in [2.45, 2.75) is 39.5 Å². The van der Waals surface area contributed by atoms with Gasteiger partial charge >= 0.3 is 116 Å². The van der Waals surface area contributed by atoms with Crippen molar-refractivity contribution >= 4 is 0 Å². The molecule has 0 spiro atoms. The number of allylic oxidation sites excluding steroid dienone is 4. The maximum absolute atomic E-state index is 2.34. The zero-order valence-corrected chi connectivity index (χ0v) is 16.1. The van der Waals surface area contributed by atoms with Crippen LogP contribution in [0.4, 0.5) is 0 Å². The first-order valence-corrected chi connectivity index (χ1v) is 6.90. The van der Waals surface area contributed by atoms with Gasteiger partial charge in [0.2, 0.25) is 0 Å².